The van der Waals surface area contributed by atoms with E-state index in [0.29, 0.717) is 17.0 Å². The number of aryl methyl sites for hydroxylation is 1. The van der Waals surface area contributed by atoms with E-state index in [4.69, 9.17) is 4.74 Å². The van der Waals surface area contributed by atoms with Crippen LogP contribution in [0.15, 0.2) is 53.4 Å². The molecule has 2 N–H and O–H groups in total. The van der Waals surface area contributed by atoms with Crippen LogP contribution < -0.4 is 14.8 Å². The minimum Gasteiger partial charge on any atom is -0.496 e. The Morgan fingerprint density at radius 2 is 1.79 bits per heavy atom. The number of ether oxygens (including phenoxy) is 1. The molecule has 0 radical (unpaired) electrons. The Bertz CT molecular complexity index is 820. The van der Waals surface area contributed by atoms with Gasteiger partial charge in [-0.3, -0.25) is 4.79 Å². The first-order chi connectivity index (χ1) is 11.3. The highest BCUT2D eigenvalue weighted by Crippen LogP contribution is 2.21. The first kappa shape index (κ1) is 18.0. The van der Waals surface area contributed by atoms with Gasteiger partial charge in [0.05, 0.1) is 18.0 Å². The fraction of sp³-hybridized carbons (Fsp3) is 0.235. The number of benzene rings is 2. The second-order valence-electron chi connectivity index (χ2n) is 5.33. The lowest BCUT2D eigenvalue weighted by atomic mass is 10.2. The molecule has 0 aliphatic heterocycles. The van der Waals surface area contributed by atoms with E-state index in [9.17, 15) is 13.2 Å². The van der Waals surface area contributed by atoms with Crippen LogP contribution in [0, 0.1) is 6.92 Å². The molecule has 0 heterocycles. The molecule has 2 rings (SSSR count). The van der Waals surface area contributed by atoms with Crippen molar-refractivity contribution in [1.82, 2.24) is 4.72 Å². The lowest BCUT2D eigenvalue weighted by Crippen LogP contribution is -2.41. The molecule has 2 aromatic rings. The van der Waals surface area contributed by atoms with E-state index >= 15 is 0 Å². The quantitative estimate of drug-likeness (QED) is 0.839. The normalized spacial score (nSPS) is 12.5. The number of carbonyl (C=O) groups excluding carboxylic acids is 1. The van der Waals surface area contributed by atoms with Crippen LogP contribution in [-0.4, -0.2) is 27.5 Å². The van der Waals surface area contributed by atoms with Crippen LogP contribution in [-0.2, 0) is 14.8 Å². The molecule has 0 fully saturated rings. The first-order valence-corrected chi connectivity index (χ1v) is 8.84. The largest absolute Gasteiger partial charge is 0.496 e. The third kappa shape index (κ3) is 4.33. The summed E-state index contributed by atoms with van der Waals surface area (Å²) in [6, 6.07) is 12.5. The summed E-state index contributed by atoms with van der Waals surface area (Å²) in [4.78, 5) is 12.2. The van der Waals surface area contributed by atoms with Gasteiger partial charge in [0.25, 0.3) is 0 Å². The maximum atomic E-state index is 12.4. The first-order valence-electron chi connectivity index (χ1n) is 7.36. The summed E-state index contributed by atoms with van der Waals surface area (Å²) in [6.45, 7) is 3.25. The molecule has 1 amide bonds. The Hall–Kier alpha value is -2.38. The second kappa shape index (κ2) is 7.46. The predicted molar refractivity (Wildman–Crippen MR) is 92.6 cm³/mol. The maximum Gasteiger partial charge on any atom is 0.242 e. The summed E-state index contributed by atoms with van der Waals surface area (Å²) in [5.41, 5.74) is 1.30. The number of hydrogen-bond acceptors (Lipinski definition) is 4. The highest BCUT2D eigenvalue weighted by Gasteiger charge is 2.22. The smallest absolute Gasteiger partial charge is 0.242 e. The van der Waals surface area contributed by atoms with Crippen molar-refractivity contribution in [3.05, 3.63) is 54.1 Å². The van der Waals surface area contributed by atoms with Gasteiger partial charge in [-0.15, -0.1) is 0 Å². The van der Waals surface area contributed by atoms with Gasteiger partial charge in [-0.25, -0.2) is 8.42 Å². The van der Waals surface area contributed by atoms with Crippen LogP contribution >= 0.6 is 0 Å². The number of carbonyl (C=O) groups is 1. The summed E-state index contributed by atoms with van der Waals surface area (Å²) in [5.74, 6) is 0.166. The standard InChI is InChI=1S/C17H20N2O4S/c1-12-11-15(9-10-16(12)23-3)24(21,22)19-13(2)17(20)18-14-7-5-4-6-8-14/h4-11,13,19H,1-3H3,(H,18,20). The molecule has 2 aromatic carbocycles. The van der Waals surface area contributed by atoms with Crippen molar-refractivity contribution in [3.8, 4) is 5.75 Å². The molecule has 0 saturated heterocycles. The zero-order valence-electron chi connectivity index (χ0n) is 13.7. The molecule has 0 aliphatic carbocycles. The topological polar surface area (TPSA) is 84.5 Å². The SMILES string of the molecule is COc1ccc(S(=O)(=O)NC(C)C(=O)Nc2ccccc2)cc1C. The lowest BCUT2D eigenvalue weighted by molar-refractivity contribution is -0.117. The average molecular weight is 348 g/mol. The molecular formula is C17H20N2O4S. The molecule has 0 aliphatic rings. The van der Waals surface area contributed by atoms with Gasteiger partial charge in [0.1, 0.15) is 5.75 Å². The van der Waals surface area contributed by atoms with E-state index < -0.39 is 22.0 Å². The van der Waals surface area contributed by atoms with E-state index in [2.05, 4.69) is 10.0 Å². The van der Waals surface area contributed by atoms with E-state index in [1.165, 1.54) is 26.2 Å². The molecule has 1 atom stereocenters. The van der Waals surface area contributed by atoms with Crippen LogP contribution in [0.1, 0.15) is 12.5 Å². The zero-order valence-corrected chi connectivity index (χ0v) is 14.6. The second-order valence-corrected chi connectivity index (χ2v) is 7.04. The number of para-hydroxylation sites is 1. The predicted octanol–water partition coefficient (Wildman–Crippen LogP) is 2.31. The number of sulfonamides is 1. The summed E-state index contributed by atoms with van der Waals surface area (Å²) < 4.78 is 32.3. The van der Waals surface area contributed by atoms with Crippen molar-refractivity contribution in [2.45, 2.75) is 24.8 Å². The van der Waals surface area contributed by atoms with Gasteiger partial charge >= 0.3 is 0 Å². The van der Waals surface area contributed by atoms with Crippen LogP contribution in [0.3, 0.4) is 0 Å². The van der Waals surface area contributed by atoms with Crippen LogP contribution in [0.25, 0.3) is 0 Å². The number of amides is 1. The van der Waals surface area contributed by atoms with E-state index in [1.54, 1.807) is 37.3 Å². The molecule has 6 nitrogen and oxygen atoms in total. The molecule has 7 heteroatoms. The summed E-state index contributed by atoms with van der Waals surface area (Å²) in [5, 5.41) is 2.66. The molecule has 0 spiro atoms. The summed E-state index contributed by atoms with van der Waals surface area (Å²) in [7, 11) is -2.29. The molecule has 0 bridgehead atoms. The zero-order chi connectivity index (χ0) is 17.7. The Labute approximate surface area is 141 Å². The lowest BCUT2D eigenvalue weighted by Gasteiger charge is -2.15. The number of rotatable bonds is 6. The number of nitrogens with one attached hydrogen (secondary N) is 2. The van der Waals surface area contributed by atoms with Gasteiger partial charge < -0.3 is 10.1 Å². The average Bonchev–Trinajstić information content (AvgIpc) is 2.55. The molecular weight excluding hydrogens is 328 g/mol. The maximum absolute atomic E-state index is 12.4. The molecule has 0 saturated carbocycles. The minimum atomic E-state index is -3.81. The molecule has 1 unspecified atom stereocenters. The van der Waals surface area contributed by atoms with Gasteiger partial charge in [-0.05, 0) is 49.7 Å². The molecule has 24 heavy (non-hydrogen) atoms. The third-order valence-corrected chi connectivity index (χ3v) is 4.98. The van der Waals surface area contributed by atoms with Crippen molar-refractivity contribution in [2.24, 2.45) is 0 Å². The fourth-order valence-corrected chi connectivity index (χ4v) is 3.43. The molecule has 128 valence electrons. The highest BCUT2D eigenvalue weighted by molar-refractivity contribution is 7.89. The fourth-order valence-electron chi connectivity index (χ4n) is 2.14. The van der Waals surface area contributed by atoms with E-state index in [1.807, 2.05) is 6.07 Å². The van der Waals surface area contributed by atoms with E-state index in [-0.39, 0.29) is 4.90 Å². The number of anilines is 1. The third-order valence-electron chi connectivity index (χ3n) is 3.44. The van der Waals surface area contributed by atoms with Gasteiger partial charge in [0.15, 0.2) is 0 Å². The Morgan fingerprint density at radius 1 is 1.12 bits per heavy atom. The van der Waals surface area contributed by atoms with Gasteiger partial charge in [0, 0.05) is 5.69 Å². The minimum absolute atomic E-state index is 0.0835. The Kier molecular flexibility index (Phi) is 5.58. The van der Waals surface area contributed by atoms with Crippen molar-refractivity contribution in [2.75, 3.05) is 12.4 Å². The van der Waals surface area contributed by atoms with Crippen LogP contribution in [0.4, 0.5) is 5.69 Å². The summed E-state index contributed by atoms with van der Waals surface area (Å²) in [6.07, 6.45) is 0. The summed E-state index contributed by atoms with van der Waals surface area (Å²) >= 11 is 0. The van der Waals surface area contributed by atoms with E-state index in [0.717, 1.165) is 0 Å². The van der Waals surface area contributed by atoms with Gasteiger partial charge in [-0.2, -0.15) is 4.72 Å². The monoisotopic (exact) mass is 348 g/mol. The molecule has 0 aromatic heterocycles. The Morgan fingerprint density at radius 3 is 2.38 bits per heavy atom. The van der Waals surface area contributed by atoms with Crippen LogP contribution in [0.5, 0.6) is 5.75 Å². The van der Waals surface area contributed by atoms with Crippen molar-refractivity contribution >= 4 is 21.6 Å². The van der Waals surface area contributed by atoms with Crippen molar-refractivity contribution in [3.63, 3.8) is 0 Å². The van der Waals surface area contributed by atoms with Crippen molar-refractivity contribution in [1.29, 1.82) is 0 Å². The highest BCUT2D eigenvalue weighted by atomic mass is 32.2. The number of methoxy groups -OCH3 is 1. The van der Waals surface area contributed by atoms with Crippen molar-refractivity contribution < 1.29 is 17.9 Å². The van der Waals surface area contributed by atoms with Crippen LogP contribution in [0.2, 0.25) is 0 Å². The van der Waals surface area contributed by atoms with Gasteiger partial charge in [-0.1, -0.05) is 18.2 Å². The van der Waals surface area contributed by atoms with Gasteiger partial charge in [0.2, 0.25) is 15.9 Å². The Balaban J connectivity index is 2.10. The number of hydrogen-bond donors (Lipinski definition) is 2.